The normalized spacial score (nSPS) is 17.1. The third-order valence-electron chi connectivity index (χ3n) is 2.94. The van der Waals surface area contributed by atoms with E-state index in [9.17, 15) is 19.5 Å². The summed E-state index contributed by atoms with van der Waals surface area (Å²) in [6.45, 7) is 0.406. The van der Waals surface area contributed by atoms with Gasteiger partial charge in [0, 0.05) is 0 Å². The number of anilines is 1. The molecule has 20 heavy (non-hydrogen) atoms. The number of ketones is 1. The highest BCUT2D eigenvalue weighted by molar-refractivity contribution is 6.57. The number of carboxylic acids is 1. The van der Waals surface area contributed by atoms with Crippen LogP contribution in [0, 0.1) is 0 Å². The lowest BCUT2D eigenvalue weighted by atomic mass is 10.1. The van der Waals surface area contributed by atoms with Gasteiger partial charge in [-0.1, -0.05) is 23.2 Å². The largest absolute Gasteiger partial charge is 0.479 e. The summed E-state index contributed by atoms with van der Waals surface area (Å²) in [4.78, 5) is 35.6. The van der Waals surface area contributed by atoms with Crippen molar-refractivity contribution in [2.45, 2.75) is 12.5 Å². The average Bonchev–Trinajstić information content (AvgIpc) is 2.59. The van der Waals surface area contributed by atoms with E-state index in [0.29, 0.717) is 0 Å². The molecular formula is C12H9Cl2NO5. The molecule has 106 valence electrons. The van der Waals surface area contributed by atoms with Crippen molar-refractivity contribution in [3.63, 3.8) is 0 Å². The molecule has 0 radical (unpaired) electrons. The van der Waals surface area contributed by atoms with E-state index in [1.165, 1.54) is 12.1 Å². The predicted octanol–water partition coefficient (Wildman–Crippen LogP) is 1.36. The quantitative estimate of drug-likeness (QED) is 0.821. The van der Waals surface area contributed by atoms with Crippen LogP contribution in [-0.2, 0) is 9.59 Å². The topological polar surface area (TPSA) is 94.9 Å². The molecule has 0 bridgehead atoms. The zero-order valence-corrected chi connectivity index (χ0v) is 11.7. The molecule has 1 unspecified atom stereocenters. The van der Waals surface area contributed by atoms with Crippen molar-refractivity contribution < 1.29 is 24.6 Å². The van der Waals surface area contributed by atoms with Gasteiger partial charge in [-0.2, -0.15) is 0 Å². The van der Waals surface area contributed by atoms with Gasteiger partial charge in [0.1, 0.15) is 0 Å². The van der Waals surface area contributed by atoms with Crippen LogP contribution < -0.4 is 4.90 Å². The molecule has 8 heteroatoms. The highest BCUT2D eigenvalue weighted by Gasteiger charge is 2.44. The summed E-state index contributed by atoms with van der Waals surface area (Å²) in [6, 6.07) is 2.75. The molecule has 1 aliphatic rings. The maximum atomic E-state index is 11.9. The Morgan fingerprint density at radius 2 is 1.85 bits per heavy atom. The summed E-state index contributed by atoms with van der Waals surface area (Å²) in [5, 5.41) is 18.8. The Morgan fingerprint density at radius 1 is 1.30 bits per heavy atom. The number of aliphatic carboxylic acids is 1. The smallest absolute Gasteiger partial charge is 0.337 e. The molecule has 1 aliphatic heterocycles. The number of hydrogen-bond donors (Lipinski definition) is 2. The molecule has 0 saturated carbocycles. The van der Waals surface area contributed by atoms with Gasteiger partial charge in [0.2, 0.25) is 0 Å². The van der Waals surface area contributed by atoms with Crippen LogP contribution in [0.3, 0.4) is 0 Å². The Morgan fingerprint density at radius 3 is 2.40 bits per heavy atom. The van der Waals surface area contributed by atoms with Gasteiger partial charge >= 0.3 is 5.97 Å². The summed E-state index contributed by atoms with van der Waals surface area (Å²) in [7, 11) is 0. The van der Waals surface area contributed by atoms with Gasteiger partial charge in [-0.05, 0) is 19.1 Å². The molecule has 6 nitrogen and oxygen atoms in total. The van der Waals surface area contributed by atoms with Gasteiger partial charge in [0.05, 0.1) is 27.8 Å². The second kappa shape index (κ2) is 4.73. The monoisotopic (exact) mass is 317 g/mol. The van der Waals surface area contributed by atoms with E-state index in [2.05, 4.69) is 0 Å². The van der Waals surface area contributed by atoms with E-state index >= 15 is 0 Å². The molecule has 1 heterocycles. The molecule has 0 fully saturated rings. The minimum absolute atomic E-state index is 0.0238. The minimum Gasteiger partial charge on any atom is -0.479 e. The van der Waals surface area contributed by atoms with Crippen molar-refractivity contribution >= 4 is 46.5 Å². The van der Waals surface area contributed by atoms with Crippen molar-refractivity contribution in [2.24, 2.45) is 0 Å². The van der Waals surface area contributed by atoms with Crippen molar-refractivity contribution in [2.75, 3.05) is 11.4 Å². The summed E-state index contributed by atoms with van der Waals surface area (Å²) in [5.41, 5.74) is -2.27. The third kappa shape index (κ3) is 2.15. The van der Waals surface area contributed by atoms with Crippen LogP contribution in [-0.4, -0.2) is 40.0 Å². The highest BCUT2D eigenvalue weighted by Crippen LogP contribution is 2.40. The van der Waals surface area contributed by atoms with Crippen LogP contribution in [0.15, 0.2) is 12.1 Å². The number of nitrogens with zero attached hydrogens (tertiary/aromatic N) is 1. The zero-order chi connectivity index (χ0) is 15.2. The zero-order valence-electron chi connectivity index (χ0n) is 10.2. The number of carbonyl (C=O) groups is 3. The Labute approximate surface area is 123 Å². The van der Waals surface area contributed by atoms with Crippen molar-refractivity contribution in [1.82, 2.24) is 0 Å². The molecule has 0 aliphatic carbocycles. The summed E-state index contributed by atoms with van der Waals surface area (Å²) < 4.78 is 0. The van der Waals surface area contributed by atoms with Crippen LogP contribution in [0.2, 0.25) is 10.0 Å². The van der Waals surface area contributed by atoms with Crippen molar-refractivity contribution in [1.29, 1.82) is 0 Å². The molecule has 1 aromatic rings. The molecule has 1 aromatic carbocycles. The number of halogens is 2. The molecule has 2 N–H and O–H groups in total. The van der Waals surface area contributed by atoms with Gasteiger partial charge in [-0.3, -0.25) is 14.5 Å². The number of fused-ring (bicyclic) bond motifs is 1. The lowest BCUT2D eigenvalue weighted by Gasteiger charge is -2.25. The third-order valence-corrected chi connectivity index (χ3v) is 3.56. The van der Waals surface area contributed by atoms with Crippen LogP contribution >= 0.6 is 23.2 Å². The minimum atomic E-state index is -2.22. The number of hydrogen-bond acceptors (Lipinski definition) is 4. The predicted molar refractivity (Wildman–Crippen MR) is 71.4 cm³/mol. The lowest BCUT2D eigenvalue weighted by molar-refractivity contribution is -0.155. The second-order valence-corrected chi connectivity index (χ2v) is 5.37. The number of amides is 1. The van der Waals surface area contributed by atoms with Gasteiger partial charge in [-0.15, -0.1) is 0 Å². The first-order valence-corrected chi connectivity index (χ1v) is 6.22. The van der Waals surface area contributed by atoms with Crippen LogP contribution in [0.5, 0.6) is 0 Å². The van der Waals surface area contributed by atoms with E-state index in [-0.39, 0.29) is 21.3 Å². The van der Waals surface area contributed by atoms with E-state index in [1.807, 2.05) is 0 Å². The first-order chi connectivity index (χ1) is 9.16. The van der Waals surface area contributed by atoms with Crippen LogP contribution in [0.1, 0.15) is 17.3 Å². The average molecular weight is 318 g/mol. The first kappa shape index (κ1) is 14.8. The SMILES string of the molecule is CC(O)(CN1C(=O)C(=O)c2c(Cl)ccc(Cl)c21)C(=O)O. The fraction of sp³-hybridized carbons (Fsp3) is 0.250. The van der Waals surface area contributed by atoms with Gasteiger partial charge < -0.3 is 10.2 Å². The molecule has 0 aromatic heterocycles. The maximum absolute atomic E-state index is 11.9. The van der Waals surface area contributed by atoms with Crippen molar-refractivity contribution in [3.8, 4) is 0 Å². The number of aliphatic hydroxyl groups is 1. The van der Waals surface area contributed by atoms with Gasteiger partial charge in [0.25, 0.3) is 11.7 Å². The molecule has 2 rings (SSSR count). The number of benzene rings is 1. The summed E-state index contributed by atoms with van der Waals surface area (Å²) >= 11 is 11.8. The summed E-state index contributed by atoms with van der Waals surface area (Å²) in [5.74, 6) is -3.38. The molecular weight excluding hydrogens is 309 g/mol. The summed E-state index contributed by atoms with van der Waals surface area (Å²) in [6.07, 6.45) is 0. The first-order valence-electron chi connectivity index (χ1n) is 5.47. The van der Waals surface area contributed by atoms with E-state index < -0.39 is 29.8 Å². The van der Waals surface area contributed by atoms with Crippen LogP contribution in [0.4, 0.5) is 5.69 Å². The molecule has 1 atom stereocenters. The number of rotatable bonds is 3. The number of carbonyl (C=O) groups excluding carboxylic acids is 2. The van der Waals surface area contributed by atoms with E-state index in [4.69, 9.17) is 28.3 Å². The Balaban J connectivity index is 2.54. The Bertz CT molecular complexity index is 641. The highest BCUT2D eigenvalue weighted by atomic mass is 35.5. The van der Waals surface area contributed by atoms with Crippen molar-refractivity contribution in [3.05, 3.63) is 27.7 Å². The number of β-amino-alcohol motifs (C(OH)–C–C–N with tert-alkyl or cyclic N) is 1. The van der Waals surface area contributed by atoms with Crippen LogP contribution in [0.25, 0.3) is 0 Å². The van der Waals surface area contributed by atoms with Gasteiger partial charge in [-0.25, -0.2) is 4.79 Å². The van der Waals surface area contributed by atoms with E-state index in [0.717, 1.165) is 11.8 Å². The van der Waals surface area contributed by atoms with E-state index in [1.54, 1.807) is 0 Å². The number of carboxylic acid groups (broad SMARTS) is 1. The standard InChI is InChI=1S/C12H9Cl2NO5/c1-12(20,11(18)19)4-15-8-6(14)3-2-5(13)7(8)9(16)10(15)17/h2-3,20H,4H2,1H3,(H,18,19). The van der Waals surface area contributed by atoms with Gasteiger partial charge in [0.15, 0.2) is 5.60 Å². The lowest BCUT2D eigenvalue weighted by Crippen LogP contribution is -2.48. The maximum Gasteiger partial charge on any atom is 0.337 e. The Kier molecular flexibility index (Phi) is 3.49. The molecule has 0 saturated heterocycles. The Hall–Kier alpha value is -1.63. The second-order valence-electron chi connectivity index (χ2n) is 4.55. The molecule has 1 amide bonds. The molecule has 0 spiro atoms. The fourth-order valence-corrected chi connectivity index (χ4v) is 2.38. The fourth-order valence-electron chi connectivity index (χ4n) is 1.88. The number of Topliss-reactive ketones (excluding diaryl/α,β-unsaturated/α-hetero) is 1.